The number of carbonyl (C=O) groups is 2. The number of thioether (sulfide) groups is 1. The Labute approximate surface area is 147 Å². The van der Waals surface area contributed by atoms with E-state index in [0.29, 0.717) is 6.54 Å². The zero-order valence-electron chi connectivity index (χ0n) is 14.4. The first-order chi connectivity index (χ1) is 11.6. The lowest BCUT2D eigenvalue weighted by Gasteiger charge is -2.32. The van der Waals surface area contributed by atoms with E-state index in [1.54, 1.807) is 0 Å². The van der Waals surface area contributed by atoms with Crippen molar-refractivity contribution in [3.8, 4) is 0 Å². The normalized spacial score (nSPS) is 37.6. The van der Waals surface area contributed by atoms with Crippen molar-refractivity contribution in [3.05, 3.63) is 12.2 Å². The molecule has 6 heteroatoms. The molecule has 4 atom stereocenters. The second-order valence-corrected chi connectivity index (χ2v) is 8.50. The van der Waals surface area contributed by atoms with Crippen LogP contribution >= 0.6 is 11.8 Å². The Hall–Kier alpha value is -1.01. The second-order valence-electron chi connectivity index (χ2n) is 7.27. The maximum absolute atomic E-state index is 13.2. The van der Waals surface area contributed by atoms with Gasteiger partial charge in [-0.15, -0.1) is 0 Å². The zero-order chi connectivity index (χ0) is 16.9. The van der Waals surface area contributed by atoms with E-state index in [-0.39, 0.29) is 35.8 Å². The molecular formula is C18H26N2O3S. The first kappa shape index (κ1) is 16.5. The van der Waals surface area contributed by atoms with Gasteiger partial charge in [0.1, 0.15) is 5.60 Å². The predicted molar refractivity (Wildman–Crippen MR) is 93.7 cm³/mol. The van der Waals surface area contributed by atoms with Gasteiger partial charge in [0.2, 0.25) is 11.8 Å². The molecule has 0 aromatic rings. The standard InChI is InChI=1S/C18H26N2O3S/c1-3-12(4-2)20-11-18-6-5-13(23-18)14(15(18)17(20)22)16(21)19-7-9-24-10-8-19/h5-6,12-15H,3-4,7-11H2,1-2H3/t13-,14-,15-,18-/m0/s1. The van der Waals surface area contributed by atoms with Crippen LogP contribution in [0.2, 0.25) is 0 Å². The number of nitrogens with zero attached hydrogens (tertiary/aromatic N) is 2. The molecule has 4 aliphatic heterocycles. The summed E-state index contributed by atoms with van der Waals surface area (Å²) in [7, 11) is 0. The van der Waals surface area contributed by atoms with Crippen LogP contribution in [0.5, 0.6) is 0 Å². The Morgan fingerprint density at radius 1 is 1.38 bits per heavy atom. The summed E-state index contributed by atoms with van der Waals surface area (Å²) in [4.78, 5) is 30.2. The maximum Gasteiger partial charge on any atom is 0.230 e. The summed E-state index contributed by atoms with van der Waals surface area (Å²) in [6.07, 6.45) is 5.74. The first-order valence-corrected chi connectivity index (χ1v) is 10.3. The molecule has 132 valence electrons. The highest BCUT2D eigenvalue weighted by molar-refractivity contribution is 7.99. The number of ether oxygens (including phenoxy) is 1. The number of hydrogen-bond donors (Lipinski definition) is 0. The minimum atomic E-state index is -0.560. The third-order valence-electron chi connectivity index (χ3n) is 6.12. The molecule has 5 nitrogen and oxygen atoms in total. The number of carbonyl (C=O) groups excluding carboxylic acids is 2. The molecule has 2 amide bonds. The molecule has 3 saturated heterocycles. The van der Waals surface area contributed by atoms with Crippen molar-refractivity contribution >= 4 is 23.6 Å². The topological polar surface area (TPSA) is 49.9 Å². The fourth-order valence-corrected chi connectivity index (χ4v) is 5.75. The van der Waals surface area contributed by atoms with E-state index in [1.165, 1.54) is 0 Å². The molecule has 0 aromatic carbocycles. The van der Waals surface area contributed by atoms with Crippen molar-refractivity contribution in [1.29, 1.82) is 0 Å². The smallest absolute Gasteiger partial charge is 0.230 e. The summed E-state index contributed by atoms with van der Waals surface area (Å²) in [6.45, 7) is 6.43. The van der Waals surface area contributed by atoms with Crippen LogP contribution in [0.25, 0.3) is 0 Å². The first-order valence-electron chi connectivity index (χ1n) is 9.15. The molecule has 0 aliphatic carbocycles. The summed E-state index contributed by atoms with van der Waals surface area (Å²) in [6, 6.07) is 0.246. The highest BCUT2D eigenvalue weighted by Crippen LogP contribution is 2.53. The van der Waals surface area contributed by atoms with Gasteiger partial charge in [0, 0.05) is 30.6 Å². The molecule has 2 bridgehead atoms. The maximum atomic E-state index is 13.2. The molecule has 0 radical (unpaired) electrons. The van der Waals surface area contributed by atoms with Crippen molar-refractivity contribution in [2.45, 2.75) is 44.4 Å². The van der Waals surface area contributed by atoms with Crippen molar-refractivity contribution < 1.29 is 14.3 Å². The number of fused-ring (bicyclic) bond motifs is 1. The molecule has 4 rings (SSSR count). The van der Waals surface area contributed by atoms with Crippen LogP contribution in [0.15, 0.2) is 12.2 Å². The lowest BCUT2D eigenvalue weighted by Crippen LogP contribution is -2.48. The van der Waals surface area contributed by atoms with Gasteiger partial charge in [-0.25, -0.2) is 0 Å². The average Bonchev–Trinajstić information content (AvgIpc) is 3.25. The fraction of sp³-hybridized carbons (Fsp3) is 0.778. The Morgan fingerprint density at radius 2 is 2.08 bits per heavy atom. The van der Waals surface area contributed by atoms with Crippen LogP contribution < -0.4 is 0 Å². The Morgan fingerprint density at radius 3 is 2.75 bits per heavy atom. The van der Waals surface area contributed by atoms with Gasteiger partial charge in [-0.05, 0) is 12.8 Å². The largest absolute Gasteiger partial charge is 0.360 e. The number of hydrogen-bond acceptors (Lipinski definition) is 4. The van der Waals surface area contributed by atoms with Crippen LogP contribution in [0, 0.1) is 11.8 Å². The van der Waals surface area contributed by atoms with E-state index in [4.69, 9.17) is 4.74 Å². The number of rotatable bonds is 4. The van der Waals surface area contributed by atoms with Gasteiger partial charge in [0.15, 0.2) is 0 Å². The molecule has 24 heavy (non-hydrogen) atoms. The van der Waals surface area contributed by atoms with E-state index in [9.17, 15) is 9.59 Å². The third-order valence-corrected chi connectivity index (χ3v) is 7.06. The molecule has 0 aromatic heterocycles. The van der Waals surface area contributed by atoms with E-state index in [0.717, 1.165) is 37.4 Å². The summed E-state index contributed by atoms with van der Waals surface area (Å²) >= 11 is 1.89. The summed E-state index contributed by atoms with van der Waals surface area (Å²) in [5, 5.41) is 0. The SMILES string of the molecule is CCC(CC)N1C[C@]23C=C[C@H](O2)[C@H](C(=O)N2CCSCC2)[C@H]3C1=O. The molecule has 0 unspecified atom stereocenters. The summed E-state index contributed by atoms with van der Waals surface area (Å²) in [5.41, 5.74) is -0.560. The highest BCUT2D eigenvalue weighted by atomic mass is 32.2. The van der Waals surface area contributed by atoms with Gasteiger partial charge in [0.05, 0.1) is 24.5 Å². The molecular weight excluding hydrogens is 324 g/mol. The van der Waals surface area contributed by atoms with Crippen molar-refractivity contribution in [2.75, 3.05) is 31.1 Å². The molecule has 4 heterocycles. The van der Waals surface area contributed by atoms with Gasteiger partial charge in [-0.1, -0.05) is 26.0 Å². The molecule has 4 aliphatic rings. The van der Waals surface area contributed by atoms with E-state index in [2.05, 4.69) is 19.9 Å². The molecule has 3 fully saturated rings. The lowest BCUT2D eigenvalue weighted by molar-refractivity contribution is -0.143. The van der Waals surface area contributed by atoms with Crippen molar-refractivity contribution in [2.24, 2.45) is 11.8 Å². The Balaban J connectivity index is 1.61. The summed E-state index contributed by atoms with van der Waals surface area (Å²) in [5.74, 6) is 1.57. The molecule has 0 N–H and O–H groups in total. The zero-order valence-corrected chi connectivity index (χ0v) is 15.3. The second kappa shape index (κ2) is 6.06. The number of amides is 2. The van der Waals surface area contributed by atoms with Gasteiger partial charge < -0.3 is 14.5 Å². The lowest BCUT2D eigenvalue weighted by atomic mass is 9.76. The molecule has 0 saturated carbocycles. The monoisotopic (exact) mass is 350 g/mol. The van der Waals surface area contributed by atoms with E-state index < -0.39 is 5.60 Å². The Kier molecular flexibility index (Phi) is 4.15. The van der Waals surface area contributed by atoms with Gasteiger partial charge in [0.25, 0.3) is 0 Å². The van der Waals surface area contributed by atoms with Crippen molar-refractivity contribution in [1.82, 2.24) is 9.80 Å². The third kappa shape index (κ3) is 2.25. The van der Waals surface area contributed by atoms with E-state index in [1.807, 2.05) is 27.6 Å². The predicted octanol–water partition coefficient (Wildman–Crippen LogP) is 1.53. The van der Waals surface area contributed by atoms with E-state index >= 15 is 0 Å². The van der Waals surface area contributed by atoms with Crippen LogP contribution in [-0.2, 0) is 14.3 Å². The van der Waals surface area contributed by atoms with Crippen LogP contribution in [0.3, 0.4) is 0 Å². The van der Waals surface area contributed by atoms with Gasteiger partial charge in [-0.3, -0.25) is 9.59 Å². The molecule has 1 spiro atoms. The summed E-state index contributed by atoms with van der Waals surface area (Å²) < 4.78 is 6.22. The minimum Gasteiger partial charge on any atom is -0.360 e. The fourth-order valence-electron chi connectivity index (χ4n) is 4.84. The minimum absolute atomic E-state index is 0.122. The van der Waals surface area contributed by atoms with Crippen molar-refractivity contribution in [3.63, 3.8) is 0 Å². The highest BCUT2D eigenvalue weighted by Gasteiger charge is 2.67. The van der Waals surface area contributed by atoms with Gasteiger partial charge >= 0.3 is 0 Å². The Bertz CT molecular complexity index is 571. The van der Waals surface area contributed by atoms with Crippen LogP contribution in [0.1, 0.15) is 26.7 Å². The van der Waals surface area contributed by atoms with Gasteiger partial charge in [-0.2, -0.15) is 11.8 Å². The quantitative estimate of drug-likeness (QED) is 0.722. The number of likely N-dealkylation sites (tertiary alicyclic amines) is 1. The van der Waals surface area contributed by atoms with Crippen LogP contribution in [-0.4, -0.2) is 70.5 Å². The van der Waals surface area contributed by atoms with Crippen LogP contribution in [0.4, 0.5) is 0 Å². The average molecular weight is 350 g/mol.